The summed E-state index contributed by atoms with van der Waals surface area (Å²) >= 11 is 0. The summed E-state index contributed by atoms with van der Waals surface area (Å²) in [5.41, 5.74) is 12.0. The van der Waals surface area contributed by atoms with Gasteiger partial charge in [0.2, 0.25) is 0 Å². The molecule has 0 bridgehead atoms. The van der Waals surface area contributed by atoms with Crippen LogP contribution in [0.4, 0.5) is 0 Å². The normalized spacial score (nSPS) is 11.5. The topological polar surface area (TPSA) is 18.5 Å². The average Bonchev–Trinajstić information content (AvgIpc) is 3.13. The van der Waals surface area contributed by atoms with Gasteiger partial charge in [0.25, 0.3) is 0 Å². The van der Waals surface area contributed by atoms with Crippen molar-refractivity contribution < 1.29 is 9.47 Å². The molecule has 0 aliphatic rings. The third kappa shape index (κ3) is 5.22. The largest absolute Gasteiger partial charge is 0.496 e. The summed E-state index contributed by atoms with van der Waals surface area (Å²) < 4.78 is 12.6. The fourth-order valence-corrected chi connectivity index (χ4v) is 7.54. The van der Waals surface area contributed by atoms with Crippen LogP contribution in [-0.4, -0.2) is 14.2 Å². The molecule has 0 fully saturated rings. The lowest BCUT2D eigenvalue weighted by Crippen LogP contribution is -2.04. The molecule has 0 heterocycles. The smallest absolute Gasteiger partial charge is 0.130 e. The molecule has 238 valence electrons. The molecule has 48 heavy (non-hydrogen) atoms. The number of hydrogen-bond acceptors (Lipinski definition) is 2. The van der Waals surface area contributed by atoms with E-state index in [0.29, 0.717) is 0 Å². The quantitative estimate of drug-likeness (QED) is 0.156. The van der Waals surface area contributed by atoms with E-state index in [-0.39, 0.29) is 11.8 Å². The number of ether oxygens (including phenoxy) is 2. The van der Waals surface area contributed by atoms with Crippen molar-refractivity contribution in [2.75, 3.05) is 14.2 Å². The van der Waals surface area contributed by atoms with Gasteiger partial charge in [-0.1, -0.05) is 149 Å². The second kappa shape index (κ2) is 13.0. The number of benzene rings is 7. The average molecular weight is 627 g/mol. The highest BCUT2D eigenvalue weighted by Crippen LogP contribution is 2.55. The summed E-state index contributed by atoms with van der Waals surface area (Å²) in [6.45, 7) is 9.05. The lowest BCUT2D eigenvalue weighted by Gasteiger charge is -2.28. The molecule has 2 heteroatoms. The van der Waals surface area contributed by atoms with E-state index in [1.165, 1.54) is 60.8 Å². The van der Waals surface area contributed by atoms with Crippen LogP contribution in [0.15, 0.2) is 133 Å². The van der Waals surface area contributed by atoms with Crippen LogP contribution in [0.25, 0.3) is 66.1 Å². The van der Waals surface area contributed by atoms with Crippen molar-refractivity contribution in [2.45, 2.75) is 39.5 Å². The summed E-state index contributed by atoms with van der Waals surface area (Å²) in [6, 6.07) is 48.2. The van der Waals surface area contributed by atoms with Crippen molar-refractivity contribution in [3.63, 3.8) is 0 Å². The molecule has 0 saturated carbocycles. The van der Waals surface area contributed by atoms with E-state index in [1.54, 1.807) is 14.2 Å². The van der Waals surface area contributed by atoms with Gasteiger partial charge < -0.3 is 9.47 Å². The fourth-order valence-electron chi connectivity index (χ4n) is 7.54. The van der Waals surface area contributed by atoms with Crippen molar-refractivity contribution in [2.24, 2.45) is 0 Å². The van der Waals surface area contributed by atoms with Gasteiger partial charge >= 0.3 is 0 Å². The van der Waals surface area contributed by atoms with Gasteiger partial charge in [-0.15, -0.1) is 0 Å². The van der Waals surface area contributed by atoms with Crippen molar-refractivity contribution in [3.05, 3.63) is 145 Å². The first-order valence-electron chi connectivity index (χ1n) is 16.9. The zero-order chi connectivity index (χ0) is 33.4. The molecule has 2 nitrogen and oxygen atoms in total. The van der Waals surface area contributed by atoms with Crippen LogP contribution < -0.4 is 9.47 Å². The second-order valence-electron chi connectivity index (χ2n) is 13.1. The van der Waals surface area contributed by atoms with Crippen LogP contribution in [0, 0.1) is 0 Å². The molecule has 0 spiro atoms. The summed E-state index contributed by atoms with van der Waals surface area (Å²) in [7, 11) is 3.59. The third-order valence-corrected chi connectivity index (χ3v) is 9.55. The predicted octanol–water partition coefficient (Wildman–Crippen LogP) is 12.9. The number of fused-ring (bicyclic) bond motifs is 2. The second-order valence-corrected chi connectivity index (χ2v) is 13.1. The molecule has 0 amide bonds. The maximum atomic E-state index is 6.32. The molecule has 0 atom stereocenters. The molecule has 7 aromatic rings. The molecule has 7 rings (SSSR count). The highest BCUT2D eigenvalue weighted by molar-refractivity contribution is 6.23. The Morgan fingerprint density at radius 1 is 0.417 bits per heavy atom. The van der Waals surface area contributed by atoms with E-state index in [0.717, 1.165) is 27.8 Å². The summed E-state index contributed by atoms with van der Waals surface area (Å²) in [5, 5.41) is 4.65. The Hall–Kier alpha value is -5.34. The van der Waals surface area contributed by atoms with E-state index in [2.05, 4.69) is 161 Å². The maximum absolute atomic E-state index is 6.32. The van der Waals surface area contributed by atoms with Gasteiger partial charge in [0.05, 0.1) is 14.2 Å². The Morgan fingerprint density at radius 2 is 0.854 bits per heavy atom. The van der Waals surface area contributed by atoms with Crippen LogP contribution in [0.3, 0.4) is 0 Å². The first kappa shape index (κ1) is 31.3. The minimum atomic E-state index is 0.178. The van der Waals surface area contributed by atoms with Crippen LogP contribution in [0.1, 0.15) is 50.7 Å². The Bertz CT molecular complexity index is 2220. The van der Waals surface area contributed by atoms with Gasteiger partial charge in [-0.05, 0) is 84.8 Å². The molecule has 0 saturated heterocycles. The molecule has 0 N–H and O–H groups in total. The van der Waals surface area contributed by atoms with Crippen LogP contribution in [0.2, 0.25) is 0 Å². The summed E-state index contributed by atoms with van der Waals surface area (Å²) in [4.78, 5) is 0. The van der Waals surface area contributed by atoms with E-state index >= 15 is 0 Å². The Balaban J connectivity index is 1.89. The van der Waals surface area contributed by atoms with E-state index in [1.807, 2.05) is 0 Å². The molecular weight excluding hydrogens is 585 g/mol. The van der Waals surface area contributed by atoms with Gasteiger partial charge in [-0.3, -0.25) is 0 Å². The van der Waals surface area contributed by atoms with Crippen LogP contribution in [0.5, 0.6) is 11.5 Å². The van der Waals surface area contributed by atoms with Gasteiger partial charge in [0, 0.05) is 16.3 Å². The zero-order valence-electron chi connectivity index (χ0n) is 28.7. The van der Waals surface area contributed by atoms with Crippen molar-refractivity contribution >= 4 is 21.5 Å². The van der Waals surface area contributed by atoms with Crippen LogP contribution >= 0.6 is 0 Å². The van der Waals surface area contributed by atoms with Crippen molar-refractivity contribution in [3.8, 4) is 56.0 Å². The zero-order valence-corrected chi connectivity index (χ0v) is 28.7. The number of hydrogen-bond donors (Lipinski definition) is 0. The Morgan fingerprint density at radius 3 is 1.27 bits per heavy atom. The fraction of sp³-hybridized carbons (Fsp3) is 0.174. The lowest BCUT2D eigenvalue weighted by molar-refractivity contribution is 0.404. The maximum Gasteiger partial charge on any atom is 0.130 e. The number of methoxy groups -OCH3 is 2. The van der Waals surface area contributed by atoms with Gasteiger partial charge in [-0.2, -0.15) is 0 Å². The molecule has 0 aliphatic heterocycles. The van der Waals surface area contributed by atoms with Gasteiger partial charge in [-0.25, -0.2) is 0 Å². The van der Waals surface area contributed by atoms with E-state index in [9.17, 15) is 0 Å². The first-order valence-corrected chi connectivity index (χ1v) is 16.9. The Labute approximate surface area is 284 Å². The standard InChI is InChI=1S/C46H42O2/c1-29(2)35-28-38(47-5)44-37(46(35)48-6)27-36-40(31-19-11-7-12-20-31)41(32-21-13-8-14-22-32)42(33-23-15-9-16-24-33)43(34-25-17-10-18-26-34)45(36)39(44)30(3)4/h7-30H,1-6H3. The number of rotatable bonds is 8. The highest BCUT2D eigenvalue weighted by atomic mass is 16.5. The van der Waals surface area contributed by atoms with Crippen molar-refractivity contribution in [1.29, 1.82) is 0 Å². The highest BCUT2D eigenvalue weighted by Gasteiger charge is 2.29. The minimum Gasteiger partial charge on any atom is -0.496 e. The predicted molar refractivity (Wildman–Crippen MR) is 204 cm³/mol. The molecule has 0 aliphatic carbocycles. The molecule has 0 unspecified atom stereocenters. The summed E-state index contributed by atoms with van der Waals surface area (Å²) in [6.07, 6.45) is 0. The Kier molecular flexibility index (Phi) is 8.50. The minimum absolute atomic E-state index is 0.178. The first-order chi connectivity index (χ1) is 23.4. The van der Waals surface area contributed by atoms with Crippen LogP contribution in [-0.2, 0) is 0 Å². The summed E-state index contributed by atoms with van der Waals surface area (Å²) in [5.74, 6) is 2.23. The molecule has 0 radical (unpaired) electrons. The van der Waals surface area contributed by atoms with Gasteiger partial charge in [0.1, 0.15) is 11.5 Å². The SMILES string of the molecule is COc1c(C(C)C)cc(OC)c2c(C(C)C)c3c(-c4ccccc4)c(-c4ccccc4)c(-c4ccccc4)c(-c4ccccc4)c3cc12. The van der Waals surface area contributed by atoms with Crippen molar-refractivity contribution in [1.82, 2.24) is 0 Å². The molecular formula is C46H42O2. The third-order valence-electron chi connectivity index (χ3n) is 9.55. The van der Waals surface area contributed by atoms with E-state index in [4.69, 9.17) is 9.47 Å². The van der Waals surface area contributed by atoms with E-state index < -0.39 is 0 Å². The molecule has 0 aromatic heterocycles. The van der Waals surface area contributed by atoms with Gasteiger partial charge in [0.15, 0.2) is 0 Å². The lowest BCUT2D eigenvalue weighted by atomic mass is 9.75. The molecule has 7 aromatic carbocycles. The monoisotopic (exact) mass is 626 g/mol.